The topological polar surface area (TPSA) is 166 Å². The second kappa shape index (κ2) is 7.10. The highest BCUT2D eigenvalue weighted by atomic mass is 16.4. The zero-order valence-corrected chi connectivity index (χ0v) is 15.6. The Morgan fingerprint density at radius 3 is 2.59 bits per heavy atom. The molecular formula is C18H24N8O. The van der Waals surface area contributed by atoms with E-state index in [0.29, 0.717) is 34.0 Å². The summed E-state index contributed by atoms with van der Waals surface area (Å²) < 4.78 is 5.28. The van der Waals surface area contributed by atoms with Crippen LogP contribution in [0.1, 0.15) is 38.3 Å². The number of aromatic nitrogens is 3. The van der Waals surface area contributed by atoms with E-state index in [-0.39, 0.29) is 29.5 Å². The van der Waals surface area contributed by atoms with Crippen molar-refractivity contribution in [2.45, 2.75) is 33.2 Å². The van der Waals surface area contributed by atoms with Gasteiger partial charge in [-0.3, -0.25) is 5.41 Å². The third-order valence-corrected chi connectivity index (χ3v) is 4.11. The Balaban J connectivity index is 2.01. The van der Waals surface area contributed by atoms with Crippen molar-refractivity contribution in [2.75, 3.05) is 22.5 Å². The Morgan fingerprint density at radius 1 is 1.15 bits per heavy atom. The fraction of sp³-hybridized carbons (Fsp3) is 0.333. The first kappa shape index (κ1) is 18.4. The number of nitrogen functional groups attached to an aromatic ring is 3. The lowest BCUT2D eigenvalue weighted by molar-refractivity contribution is 0.539. The van der Waals surface area contributed by atoms with Crippen molar-refractivity contribution in [3.63, 3.8) is 0 Å². The van der Waals surface area contributed by atoms with Crippen LogP contribution in [0.2, 0.25) is 0 Å². The van der Waals surface area contributed by atoms with Crippen LogP contribution in [0.25, 0.3) is 11.1 Å². The molecule has 0 radical (unpaired) electrons. The summed E-state index contributed by atoms with van der Waals surface area (Å²) in [6.07, 6.45) is 0.931. The minimum atomic E-state index is 0.0584. The molecule has 8 N–H and O–H groups in total. The average molecular weight is 368 g/mol. The van der Waals surface area contributed by atoms with Crippen LogP contribution in [0.3, 0.4) is 0 Å². The average Bonchev–Trinajstić information content (AvgIpc) is 2.92. The van der Waals surface area contributed by atoms with Crippen LogP contribution in [0.4, 0.5) is 23.6 Å². The van der Waals surface area contributed by atoms with Gasteiger partial charge in [-0.05, 0) is 37.5 Å². The number of hydrogen-bond acceptors (Lipinski definition) is 9. The molecule has 0 saturated carbocycles. The number of nitrogens with two attached hydrogens (primary N) is 3. The molecule has 142 valence electrons. The lowest BCUT2D eigenvalue weighted by Crippen LogP contribution is -2.22. The van der Waals surface area contributed by atoms with E-state index >= 15 is 0 Å². The van der Waals surface area contributed by atoms with Crippen LogP contribution in [0.15, 0.2) is 22.6 Å². The number of benzene rings is 1. The van der Waals surface area contributed by atoms with Gasteiger partial charge in [0.25, 0.3) is 6.01 Å². The SMILES string of the molecule is CC(C)C[C@H](C)Nc1nc(N)nc(N)c1C(=N)c1ccc2oc(N)nc2c1. The summed E-state index contributed by atoms with van der Waals surface area (Å²) in [5.41, 5.74) is 19.7. The standard InChI is InChI=1S/C18H24N8O/c1-8(2)6-9(3)23-16-13(15(20)25-17(21)26-16)14(19)10-4-5-12-11(7-10)24-18(22)27-12/h4-5,7-9,19H,6H2,1-3H3,(H2,22,24)(H5,20,21,23,25,26)/t9-/m0/s1. The van der Waals surface area contributed by atoms with Crippen molar-refractivity contribution in [3.8, 4) is 0 Å². The molecule has 0 spiro atoms. The molecule has 1 aromatic carbocycles. The van der Waals surface area contributed by atoms with E-state index in [4.69, 9.17) is 27.0 Å². The third-order valence-electron chi connectivity index (χ3n) is 4.11. The Hall–Kier alpha value is -3.36. The molecule has 1 atom stereocenters. The molecule has 0 saturated heterocycles. The van der Waals surface area contributed by atoms with Gasteiger partial charge in [-0.2, -0.15) is 15.0 Å². The summed E-state index contributed by atoms with van der Waals surface area (Å²) in [6.45, 7) is 6.33. The van der Waals surface area contributed by atoms with Crippen LogP contribution < -0.4 is 22.5 Å². The first-order chi connectivity index (χ1) is 12.7. The summed E-state index contributed by atoms with van der Waals surface area (Å²) in [5, 5.41) is 12.0. The second-order valence-electron chi connectivity index (χ2n) is 6.98. The van der Waals surface area contributed by atoms with E-state index in [2.05, 4.69) is 34.1 Å². The van der Waals surface area contributed by atoms with Crippen molar-refractivity contribution < 1.29 is 4.42 Å². The Bertz CT molecular complexity index is 994. The van der Waals surface area contributed by atoms with Crippen LogP contribution in [0.5, 0.6) is 0 Å². The van der Waals surface area contributed by atoms with Gasteiger partial charge >= 0.3 is 0 Å². The van der Waals surface area contributed by atoms with Gasteiger partial charge in [0.15, 0.2) is 5.58 Å². The van der Waals surface area contributed by atoms with Crippen LogP contribution in [0, 0.1) is 11.3 Å². The number of oxazole rings is 1. The Morgan fingerprint density at radius 2 is 1.89 bits per heavy atom. The van der Waals surface area contributed by atoms with Crippen LogP contribution in [-0.4, -0.2) is 26.7 Å². The van der Waals surface area contributed by atoms with Crippen LogP contribution in [-0.2, 0) is 0 Å². The van der Waals surface area contributed by atoms with Crippen molar-refractivity contribution in [2.24, 2.45) is 5.92 Å². The molecule has 2 aromatic heterocycles. The first-order valence-corrected chi connectivity index (χ1v) is 8.69. The van der Waals surface area contributed by atoms with Gasteiger partial charge in [-0.15, -0.1) is 0 Å². The summed E-state index contributed by atoms with van der Waals surface area (Å²) in [6, 6.07) is 5.38. The lowest BCUT2D eigenvalue weighted by Gasteiger charge is -2.20. The van der Waals surface area contributed by atoms with Crippen molar-refractivity contribution in [1.82, 2.24) is 15.0 Å². The van der Waals surface area contributed by atoms with Crippen LogP contribution >= 0.6 is 0 Å². The van der Waals surface area contributed by atoms with Crippen molar-refractivity contribution in [1.29, 1.82) is 5.41 Å². The Labute approximate surface area is 156 Å². The molecule has 0 fully saturated rings. The van der Waals surface area contributed by atoms with Gasteiger partial charge in [0.2, 0.25) is 5.95 Å². The fourth-order valence-electron chi connectivity index (χ4n) is 3.09. The molecule has 9 heteroatoms. The number of nitrogens with one attached hydrogen (secondary N) is 2. The molecule has 0 amide bonds. The smallest absolute Gasteiger partial charge is 0.292 e. The number of anilines is 4. The van der Waals surface area contributed by atoms with Gasteiger partial charge in [0.05, 0.1) is 11.3 Å². The summed E-state index contributed by atoms with van der Waals surface area (Å²) in [7, 11) is 0. The molecule has 3 aromatic rings. The summed E-state index contributed by atoms with van der Waals surface area (Å²) in [5.74, 6) is 1.15. The van der Waals surface area contributed by atoms with E-state index in [9.17, 15) is 0 Å². The highest BCUT2D eigenvalue weighted by Gasteiger charge is 2.20. The maximum Gasteiger partial charge on any atom is 0.292 e. The first-order valence-electron chi connectivity index (χ1n) is 8.69. The third kappa shape index (κ3) is 3.91. The molecule has 2 heterocycles. The number of nitrogens with zero attached hydrogens (tertiary/aromatic N) is 3. The van der Waals surface area contributed by atoms with E-state index < -0.39 is 0 Å². The van der Waals surface area contributed by atoms with E-state index in [1.54, 1.807) is 18.2 Å². The second-order valence-corrected chi connectivity index (χ2v) is 6.98. The van der Waals surface area contributed by atoms with Gasteiger partial charge in [-0.1, -0.05) is 13.8 Å². The monoisotopic (exact) mass is 368 g/mol. The zero-order chi connectivity index (χ0) is 19.7. The maximum atomic E-state index is 8.66. The highest BCUT2D eigenvalue weighted by Crippen LogP contribution is 2.26. The van der Waals surface area contributed by atoms with E-state index in [1.807, 2.05) is 6.92 Å². The molecular weight excluding hydrogens is 344 g/mol. The van der Waals surface area contributed by atoms with E-state index in [1.165, 1.54) is 0 Å². The molecule has 0 aliphatic rings. The summed E-state index contributed by atoms with van der Waals surface area (Å²) in [4.78, 5) is 12.4. The minimum absolute atomic E-state index is 0.0584. The van der Waals surface area contributed by atoms with Crippen molar-refractivity contribution in [3.05, 3.63) is 29.3 Å². The quantitative estimate of drug-likeness (QED) is 0.414. The van der Waals surface area contributed by atoms with Gasteiger partial charge < -0.3 is 26.9 Å². The predicted octanol–water partition coefficient (Wildman–Crippen LogP) is 2.63. The predicted molar refractivity (Wildman–Crippen MR) is 108 cm³/mol. The molecule has 0 unspecified atom stereocenters. The molecule has 27 heavy (non-hydrogen) atoms. The molecule has 0 bridgehead atoms. The minimum Gasteiger partial charge on any atom is -0.424 e. The Kier molecular flexibility index (Phi) is 4.85. The molecule has 3 rings (SSSR count). The highest BCUT2D eigenvalue weighted by molar-refractivity contribution is 6.17. The van der Waals surface area contributed by atoms with Gasteiger partial charge in [0, 0.05) is 11.6 Å². The number of rotatable bonds is 6. The summed E-state index contributed by atoms with van der Waals surface area (Å²) >= 11 is 0. The molecule has 0 aliphatic carbocycles. The van der Waals surface area contributed by atoms with Gasteiger partial charge in [0.1, 0.15) is 17.2 Å². The number of fused-ring (bicyclic) bond motifs is 1. The lowest BCUT2D eigenvalue weighted by atomic mass is 10.0. The van der Waals surface area contributed by atoms with E-state index in [0.717, 1.165) is 6.42 Å². The zero-order valence-electron chi connectivity index (χ0n) is 15.6. The number of hydrogen-bond donors (Lipinski definition) is 5. The molecule has 9 nitrogen and oxygen atoms in total. The van der Waals surface area contributed by atoms with Gasteiger partial charge in [-0.25, -0.2) is 0 Å². The molecule has 0 aliphatic heterocycles. The largest absolute Gasteiger partial charge is 0.424 e. The normalized spacial score (nSPS) is 12.4. The van der Waals surface area contributed by atoms with Crippen molar-refractivity contribution >= 4 is 40.4 Å². The maximum absolute atomic E-state index is 8.66. The fourth-order valence-corrected chi connectivity index (χ4v) is 3.09.